The van der Waals surface area contributed by atoms with Gasteiger partial charge in [0.1, 0.15) is 12.2 Å². The van der Waals surface area contributed by atoms with E-state index in [1.165, 1.54) is 6.33 Å². The summed E-state index contributed by atoms with van der Waals surface area (Å²) in [6, 6.07) is 1.81. The van der Waals surface area contributed by atoms with Gasteiger partial charge in [-0.15, -0.1) is 0 Å². The summed E-state index contributed by atoms with van der Waals surface area (Å²) >= 11 is 0. The monoisotopic (exact) mass is 284 g/mol. The van der Waals surface area contributed by atoms with Crippen LogP contribution in [-0.2, 0) is 13.1 Å². The molecule has 0 spiro atoms. The lowest BCUT2D eigenvalue weighted by molar-refractivity contribution is 0.447. The largest absolute Gasteiger partial charge is 0.378 e. The molecule has 1 aromatic carbocycles. The average Bonchev–Trinajstić information content (AvgIpc) is 2.79. The standard InChI is InChI=1S/C13H15F3N4/c1-8(2)6-20-12(18-7-19-20)5-17-9-3-10(14)13(16)11(15)4-9/h3-4,7-8,17H,5-6H2,1-2H3. The second kappa shape index (κ2) is 5.94. The van der Waals surface area contributed by atoms with Crippen LogP contribution < -0.4 is 5.32 Å². The molecule has 7 heteroatoms. The van der Waals surface area contributed by atoms with Crippen LogP contribution in [0.3, 0.4) is 0 Å². The Labute approximate surface area is 114 Å². The molecule has 0 bridgehead atoms. The summed E-state index contributed by atoms with van der Waals surface area (Å²) in [6.07, 6.45) is 1.42. The zero-order chi connectivity index (χ0) is 14.7. The van der Waals surface area contributed by atoms with E-state index in [1.54, 1.807) is 4.68 Å². The number of nitrogens with zero attached hydrogens (tertiary/aromatic N) is 3. The second-order valence-corrected chi connectivity index (χ2v) is 4.86. The van der Waals surface area contributed by atoms with Gasteiger partial charge in [0.2, 0.25) is 0 Å². The minimum Gasteiger partial charge on any atom is -0.378 e. The van der Waals surface area contributed by atoms with Gasteiger partial charge in [0.15, 0.2) is 17.5 Å². The maximum atomic E-state index is 13.1. The lowest BCUT2D eigenvalue weighted by Gasteiger charge is -2.10. The Balaban J connectivity index is 2.07. The number of benzene rings is 1. The molecule has 0 amide bonds. The van der Waals surface area contributed by atoms with Gasteiger partial charge >= 0.3 is 0 Å². The topological polar surface area (TPSA) is 42.7 Å². The summed E-state index contributed by atoms with van der Waals surface area (Å²) in [7, 11) is 0. The zero-order valence-corrected chi connectivity index (χ0v) is 11.2. The SMILES string of the molecule is CC(C)Cn1ncnc1CNc1cc(F)c(F)c(F)c1. The van der Waals surface area contributed by atoms with Crippen LogP contribution in [-0.4, -0.2) is 14.8 Å². The maximum Gasteiger partial charge on any atom is 0.194 e. The van der Waals surface area contributed by atoms with Crippen molar-refractivity contribution in [3.8, 4) is 0 Å². The van der Waals surface area contributed by atoms with Crippen molar-refractivity contribution in [2.24, 2.45) is 5.92 Å². The van der Waals surface area contributed by atoms with E-state index in [2.05, 4.69) is 15.4 Å². The predicted octanol–water partition coefficient (Wildman–Crippen LogP) is 2.96. The van der Waals surface area contributed by atoms with E-state index in [4.69, 9.17) is 0 Å². The summed E-state index contributed by atoms with van der Waals surface area (Å²) in [5.74, 6) is -2.88. The quantitative estimate of drug-likeness (QED) is 0.858. The van der Waals surface area contributed by atoms with Crippen LogP contribution in [0.5, 0.6) is 0 Å². The van der Waals surface area contributed by atoms with E-state index >= 15 is 0 Å². The van der Waals surface area contributed by atoms with Gasteiger partial charge in [-0.1, -0.05) is 13.8 Å². The average molecular weight is 284 g/mol. The summed E-state index contributed by atoms with van der Waals surface area (Å²) < 4.78 is 40.7. The number of anilines is 1. The van der Waals surface area contributed by atoms with E-state index in [0.29, 0.717) is 18.3 Å². The molecule has 0 aliphatic heterocycles. The molecule has 20 heavy (non-hydrogen) atoms. The van der Waals surface area contributed by atoms with Crippen LogP contribution in [0.15, 0.2) is 18.5 Å². The van der Waals surface area contributed by atoms with E-state index < -0.39 is 17.5 Å². The van der Waals surface area contributed by atoms with Gasteiger partial charge in [-0.25, -0.2) is 22.8 Å². The van der Waals surface area contributed by atoms with E-state index in [-0.39, 0.29) is 12.2 Å². The lowest BCUT2D eigenvalue weighted by Crippen LogP contribution is -2.13. The Bertz CT molecular complexity index is 572. The van der Waals surface area contributed by atoms with Crippen molar-refractivity contribution in [1.29, 1.82) is 0 Å². The van der Waals surface area contributed by atoms with Crippen molar-refractivity contribution in [2.75, 3.05) is 5.32 Å². The minimum atomic E-state index is -1.47. The Morgan fingerprint density at radius 1 is 1.20 bits per heavy atom. The molecule has 1 heterocycles. The molecule has 2 aromatic rings. The van der Waals surface area contributed by atoms with Crippen molar-refractivity contribution in [1.82, 2.24) is 14.8 Å². The number of rotatable bonds is 5. The molecule has 0 atom stereocenters. The molecule has 2 rings (SSSR count). The van der Waals surface area contributed by atoms with Crippen LogP contribution in [0.4, 0.5) is 18.9 Å². The molecule has 0 unspecified atom stereocenters. The summed E-state index contributed by atoms with van der Waals surface area (Å²) in [5.41, 5.74) is 0.153. The zero-order valence-electron chi connectivity index (χ0n) is 11.2. The first-order valence-corrected chi connectivity index (χ1v) is 6.22. The van der Waals surface area contributed by atoms with Crippen LogP contribution in [0, 0.1) is 23.4 Å². The van der Waals surface area contributed by atoms with Gasteiger partial charge in [-0.05, 0) is 5.92 Å². The highest BCUT2D eigenvalue weighted by molar-refractivity contribution is 5.44. The molecule has 1 N–H and O–H groups in total. The summed E-state index contributed by atoms with van der Waals surface area (Å²) in [4.78, 5) is 4.07. The molecule has 0 fully saturated rings. The summed E-state index contributed by atoms with van der Waals surface area (Å²) in [6.45, 7) is 5.04. The number of nitrogens with one attached hydrogen (secondary N) is 1. The normalized spacial score (nSPS) is 11.1. The number of hydrogen-bond acceptors (Lipinski definition) is 3. The number of aromatic nitrogens is 3. The first kappa shape index (κ1) is 14.4. The van der Waals surface area contributed by atoms with Gasteiger partial charge in [-0.3, -0.25) is 0 Å². The fraction of sp³-hybridized carbons (Fsp3) is 0.385. The van der Waals surface area contributed by atoms with Gasteiger partial charge in [-0.2, -0.15) is 5.10 Å². The lowest BCUT2D eigenvalue weighted by atomic mass is 10.2. The van der Waals surface area contributed by atoms with Crippen molar-refractivity contribution in [2.45, 2.75) is 26.9 Å². The van der Waals surface area contributed by atoms with Crippen molar-refractivity contribution in [3.63, 3.8) is 0 Å². The van der Waals surface area contributed by atoms with Crippen LogP contribution in [0.25, 0.3) is 0 Å². The molecule has 0 saturated heterocycles. The number of hydrogen-bond donors (Lipinski definition) is 1. The molecule has 0 aliphatic rings. The molecule has 0 aliphatic carbocycles. The Hall–Kier alpha value is -2.05. The van der Waals surface area contributed by atoms with Gasteiger partial charge < -0.3 is 5.32 Å². The van der Waals surface area contributed by atoms with E-state index in [1.807, 2.05) is 13.8 Å². The highest BCUT2D eigenvalue weighted by atomic mass is 19.2. The van der Waals surface area contributed by atoms with Gasteiger partial charge in [0.25, 0.3) is 0 Å². The van der Waals surface area contributed by atoms with Crippen molar-refractivity contribution < 1.29 is 13.2 Å². The maximum absolute atomic E-state index is 13.1. The molecule has 4 nitrogen and oxygen atoms in total. The second-order valence-electron chi connectivity index (χ2n) is 4.86. The minimum absolute atomic E-state index is 0.153. The van der Waals surface area contributed by atoms with Crippen LogP contribution >= 0.6 is 0 Å². The third-order valence-corrected chi connectivity index (χ3v) is 2.67. The van der Waals surface area contributed by atoms with E-state index in [9.17, 15) is 13.2 Å². The van der Waals surface area contributed by atoms with Crippen LogP contribution in [0.2, 0.25) is 0 Å². The highest BCUT2D eigenvalue weighted by Crippen LogP contribution is 2.17. The Morgan fingerprint density at radius 2 is 1.85 bits per heavy atom. The van der Waals surface area contributed by atoms with Crippen molar-refractivity contribution in [3.05, 3.63) is 41.7 Å². The smallest absolute Gasteiger partial charge is 0.194 e. The first-order chi connectivity index (χ1) is 9.47. The fourth-order valence-corrected chi connectivity index (χ4v) is 1.76. The van der Waals surface area contributed by atoms with Crippen molar-refractivity contribution >= 4 is 5.69 Å². The molecule has 0 saturated carbocycles. The molecule has 108 valence electrons. The fourth-order valence-electron chi connectivity index (χ4n) is 1.76. The summed E-state index contributed by atoms with van der Waals surface area (Å²) in [5, 5.41) is 6.87. The third-order valence-electron chi connectivity index (χ3n) is 2.67. The highest BCUT2D eigenvalue weighted by Gasteiger charge is 2.11. The van der Waals surface area contributed by atoms with E-state index in [0.717, 1.165) is 12.1 Å². The predicted molar refractivity (Wildman–Crippen MR) is 68.5 cm³/mol. The van der Waals surface area contributed by atoms with Gasteiger partial charge in [0.05, 0.1) is 6.54 Å². The Morgan fingerprint density at radius 3 is 2.45 bits per heavy atom. The molecule has 1 aromatic heterocycles. The molecular weight excluding hydrogens is 269 g/mol. The molecule has 0 radical (unpaired) electrons. The first-order valence-electron chi connectivity index (χ1n) is 6.22. The number of halogens is 3. The molecular formula is C13H15F3N4. The van der Waals surface area contributed by atoms with Gasteiger partial charge in [0, 0.05) is 24.4 Å². The Kier molecular flexibility index (Phi) is 4.26. The van der Waals surface area contributed by atoms with Crippen LogP contribution in [0.1, 0.15) is 19.7 Å². The third kappa shape index (κ3) is 3.28.